The van der Waals surface area contributed by atoms with Crippen molar-refractivity contribution in [3.63, 3.8) is 0 Å². The Balaban J connectivity index is 2.36. The van der Waals surface area contributed by atoms with Gasteiger partial charge in [0, 0.05) is 18.7 Å². The highest BCUT2D eigenvalue weighted by Gasteiger charge is 2.08. The standard InChI is InChI=1S/C12H21N3O3S/c1-3-5-8-15-11(17)13-14-12(15)19-9-6-7-10(16)18-4-2/h3-9H2,1-2H3,(H,13,17). The van der Waals surface area contributed by atoms with Crippen LogP contribution in [0.15, 0.2) is 9.95 Å². The van der Waals surface area contributed by atoms with Crippen molar-refractivity contribution in [2.75, 3.05) is 12.4 Å². The summed E-state index contributed by atoms with van der Waals surface area (Å²) >= 11 is 1.49. The van der Waals surface area contributed by atoms with E-state index in [9.17, 15) is 9.59 Å². The van der Waals surface area contributed by atoms with Crippen LogP contribution in [0.3, 0.4) is 0 Å². The van der Waals surface area contributed by atoms with Gasteiger partial charge in [0.05, 0.1) is 6.61 Å². The Morgan fingerprint density at radius 2 is 2.21 bits per heavy atom. The fourth-order valence-electron chi connectivity index (χ4n) is 1.54. The van der Waals surface area contributed by atoms with Crippen molar-refractivity contribution in [2.24, 2.45) is 0 Å². The van der Waals surface area contributed by atoms with Gasteiger partial charge in [0.25, 0.3) is 0 Å². The minimum absolute atomic E-state index is 0.165. The van der Waals surface area contributed by atoms with Crippen LogP contribution in [0.2, 0.25) is 0 Å². The molecule has 0 spiro atoms. The molecule has 0 amide bonds. The number of rotatable bonds is 9. The summed E-state index contributed by atoms with van der Waals surface area (Å²) in [6.07, 6.45) is 3.11. The lowest BCUT2D eigenvalue weighted by Crippen LogP contribution is -2.17. The zero-order valence-corrected chi connectivity index (χ0v) is 12.3. The van der Waals surface area contributed by atoms with Gasteiger partial charge < -0.3 is 4.74 Å². The minimum atomic E-state index is -0.173. The summed E-state index contributed by atoms with van der Waals surface area (Å²) in [6, 6.07) is 0. The third kappa shape index (κ3) is 5.50. The second-order valence-electron chi connectivity index (χ2n) is 4.07. The van der Waals surface area contributed by atoms with Crippen LogP contribution in [-0.2, 0) is 16.1 Å². The number of hydrogen-bond donors (Lipinski definition) is 1. The zero-order chi connectivity index (χ0) is 14.1. The van der Waals surface area contributed by atoms with Gasteiger partial charge in [-0.2, -0.15) is 0 Å². The van der Waals surface area contributed by atoms with Crippen molar-refractivity contribution in [3.05, 3.63) is 10.5 Å². The molecule has 7 heteroatoms. The largest absolute Gasteiger partial charge is 0.466 e. The highest BCUT2D eigenvalue weighted by atomic mass is 32.2. The summed E-state index contributed by atoms with van der Waals surface area (Å²) in [5.74, 6) is 0.573. The lowest BCUT2D eigenvalue weighted by molar-refractivity contribution is -0.143. The zero-order valence-electron chi connectivity index (χ0n) is 11.5. The van der Waals surface area contributed by atoms with E-state index in [4.69, 9.17) is 4.74 Å². The van der Waals surface area contributed by atoms with E-state index in [1.165, 1.54) is 11.8 Å². The molecular formula is C12H21N3O3S. The molecule has 0 atom stereocenters. The second-order valence-corrected chi connectivity index (χ2v) is 5.14. The number of nitrogens with one attached hydrogen (secondary N) is 1. The third-order valence-electron chi connectivity index (χ3n) is 2.52. The first kappa shape index (κ1) is 15.8. The van der Waals surface area contributed by atoms with Crippen LogP contribution in [0, 0.1) is 0 Å². The van der Waals surface area contributed by atoms with Crippen LogP contribution in [0.25, 0.3) is 0 Å². The predicted octanol–water partition coefficient (Wildman–Crippen LogP) is 1.81. The molecule has 1 aromatic rings. The van der Waals surface area contributed by atoms with E-state index >= 15 is 0 Å². The van der Waals surface area contributed by atoms with Gasteiger partial charge in [-0.1, -0.05) is 25.1 Å². The maximum absolute atomic E-state index is 11.5. The van der Waals surface area contributed by atoms with Gasteiger partial charge in [-0.15, -0.1) is 5.10 Å². The summed E-state index contributed by atoms with van der Waals surface area (Å²) in [5.41, 5.74) is -0.165. The topological polar surface area (TPSA) is 77.0 Å². The van der Waals surface area contributed by atoms with Crippen LogP contribution in [0.5, 0.6) is 0 Å². The first-order chi connectivity index (χ1) is 9.19. The van der Waals surface area contributed by atoms with Gasteiger partial charge in [-0.05, 0) is 19.8 Å². The number of carbonyl (C=O) groups excluding carboxylic acids is 1. The van der Waals surface area contributed by atoms with Crippen LogP contribution >= 0.6 is 11.8 Å². The number of hydrogen-bond acceptors (Lipinski definition) is 5. The van der Waals surface area contributed by atoms with Crippen LogP contribution in [0.1, 0.15) is 39.5 Å². The molecular weight excluding hydrogens is 266 g/mol. The molecule has 0 aliphatic carbocycles. The molecule has 19 heavy (non-hydrogen) atoms. The summed E-state index contributed by atoms with van der Waals surface area (Å²) in [4.78, 5) is 22.7. The second kappa shape index (κ2) is 8.79. The van der Waals surface area contributed by atoms with Crippen molar-refractivity contribution in [3.8, 4) is 0 Å². The minimum Gasteiger partial charge on any atom is -0.466 e. The van der Waals surface area contributed by atoms with Crippen LogP contribution in [-0.4, -0.2) is 33.1 Å². The molecule has 1 N–H and O–H groups in total. The molecule has 1 aromatic heterocycles. The average molecular weight is 287 g/mol. The fraction of sp³-hybridized carbons (Fsp3) is 0.750. The summed E-state index contributed by atoms with van der Waals surface area (Å²) in [5, 5.41) is 7.15. The summed E-state index contributed by atoms with van der Waals surface area (Å²) in [6.45, 7) is 4.98. The molecule has 0 saturated carbocycles. The molecule has 0 saturated heterocycles. The van der Waals surface area contributed by atoms with E-state index in [1.54, 1.807) is 11.5 Å². The molecule has 0 bridgehead atoms. The van der Waals surface area contributed by atoms with Crippen molar-refractivity contribution in [1.29, 1.82) is 0 Å². The number of H-pyrrole nitrogens is 1. The Hall–Kier alpha value is -1.24. The van der Waals surface area contributed by atoms with Crippen molar-refractivity contribution in [1.82, 2.24) is 14.8 Å². The van der Waals surface area contributed by atoms with Gasteiger partial charge in [-0.3, -0.25) is 9.36 Å². The van der Waals surface area contributed by atoms with Gasteiger partial charge in [0.15, 0.2) is 5.16 Å². The Labute approximate surface area is 116 Å². The molecule has 0 aliphatic heterocycles. The molecule has 0 fully saturated rings. The number of unbranched alkanes of at least 4 members (excludes halogenated alkanes) is 1. The van der Waals surface area contributed by atoms with Crippen molar-refractivity contribution < 1.29 is 9.53 Å². The Morgan fingerprint density at radius 1 is 1.42 bits per heavy atom. The van der Waals surface area contributed by atoms with E-state index in [1.807, 2.05) is 0 Å². The van der Waals surface area contributed by atoms with Gasteiger partial charge in [0.1, 0.15) is 0 Å². The lowest BCUT2D eigenvalue weighted by Gasteiger charge is -2.04. The van der Waals surface area contributed by atoms with Crippen LogP contribution in [0.4, 0.5) is 0 Å². The highest BCUT2D eigenvalue weighted by molar-refractivity contribution is 7.99. The van der Waals surface area contributed by atoms with Crippen molar-refractivity contribution in [2.45, 2.75) is 51.2 Å². The first-order valence-corrected chi connectivity index (χ1v) is 7.61. The van der Waals surface area contributed by atoms with Crippen molar-refractivity contribution >= 4 is 17.7 Å². The van der Waals surface area contributed by atoms with Gasteiger partial charge >= 0.3 is 11.7 Å². The number of carbonyl (C=O) groups is 1. The monoisotopic (exact) mass is 287 g/mol. The number of aromatic nitrogens is 3. The van der Waals surface area contributed by atoms with E-state index in [-0.39, 0.29) is 11.7 Å². The number of aromatic amines is 1. The molecule has 108 valence electrons. The van der Waals surface area contributed by atoms with E-state index in [0.717, 1.165) is 25.0 Å². The maximum Gasteiger partial charge on any atom is 0.343 e. The molecule has 1 rings (SSSR count). The number of nitrogens with zero attached hydrogens (tertiary/aromatic N) is 2. The normalized spacial score (nSPS) is 10.6. The molecule has 0 unspecified atom stereocenters. The molecule has 0 aliphatic rings. The quantitative estimate of drug-likeness (QED) is 0.426. The molecule has 1 heterocycles. The van der Waals surface area contributed by atoms with E-state index in [2.05, 4.69) is 17.1 Å². The maximum atomic E-state index is 11.5. The number of thioether (sulfide) groups is 1. The highest BCUT2D eigenvalue weighted by Crippen LogP contribution is 2.15. The third-order valence-corrected chi connectivity index (χ3v) is 3.58. The fourth-order valence-corrected chi connectivity index (χ4v) is 2.45. The predicted molar refractivity (Wildman–Crippen MR) is 74.3 cm³/mol. The van der Waals surface area contributed by atoms with E-state index in [0.29, 0.717) is 24.7 Å². The number of ether oxygens (including phenoxy) is 1. The molecule has 0 aromatic carbocycles. The Kier molecular flexibility index (Phi) is 7.32. The SMILES string of the molecule is CCCCn1c(SCCCC(=O)OCC)n[nH]c1=O. The summed E-state index contributed by atoms with van der Waals surface area (Å²) < 4.78 is 6.50. The van der Waals surface area contributed by atoms with E-state index < -0.39 is 0 Å². The molecule has 0 radical (unpaired) electrons. The Bertz CT molecular complexity index is 442. The number of esters is 1. The Morgan fingerprint density at radius 3 is 2.89 bits per heavy atom. The summed E-state index contributed by atoms with van der Waals surface area (Å²) in [7, 11) is 0. The smallest absolute Gasteiger partial charge is 0.343 e. The van der Waals surface area contributed by atoms with Gasteiger partial charge in [-0.25, -0.2) is 9.89 Å². The lowest BCUT2D eigenvalue weighted by atomic mass is 10.3. The average Bonchev–Trinajstić information content (AvgIpc) is 2.73. The molecule has 6 nitrogen and oxygen atoms in total. The van der Waals surface area contributed by atoms with Crippen LogP contribution < -0.4 is 5.69 Å². The first-order valence-electron chi connectivity index (χ1n) is 6.62. The van der Waals surface area contributed by atoms with Gasteiger partial charge in [0.2, 0.25) is 0 Å².